The molecule has 0 saturated carbocycles. The molecule has 1 aromatic rings. The van der Waals surface area contributed by atoms with Gasteiger partial charge in [0.15, 0.2) is 0 Å². The predicted octanol–water partition coefficient (Wildman–Crippen LogP) is 2.70. The van der Waals surface area contributed by atoms with Crippen LogP contribution >= 0.6 is 0 Å². The summed E-state index contributed by atoms with van der Waals surface area (Å²) in [6.07, 6.45) is 1.83. The second-order valence-electron chi connectivity index (χ2n) is 7.11. The van der Waals surface area contributed by atoms with E-state index in [0.717, 1.165) is 29.9 Å². The van der Waals surface area contributed by atoms with Crippen LogP contribution in [0.2, 0.25) is 0 Å². The van der Waals surface area contributed by atoms with E-state index in [-0.39, 0.29) is 23.3 Å². The van der Waals surface area contributed by atoms with Crippen LogP contribution in [0.1, 0.15) is 57.2 Å². The van der Waals surface area contributed by atoms with Gasteiger partial charge in [0.1, 0.15) is 11.5 Å². The summed E-state index contributed by atoms with van der Waals surface area (Å²) in [5.41, 5.74) is 7.17. The minimum absolute atomic E-state index is 0.00324. The van der Waals surface area contributed by atoms with E-state index in [0.29, 0.717) is 0 Å². The third kappa shape index (κ3) is 3.06. The van der Waals surface area contributed by atoms with E-state index in [4.69, 9.17) is 10.2 Å². The summed E-state index contributed by atoms with van der Waals surface area (Å²) in [4.78, 5) is 12.2. The number of hydrogen-bond acceptors (Lipinski definition) is 3. The number of aryl methyl sites for hydroxylation is 1. The van der Waals surface area contributed by atoms with Crippen LogP contribution in [-0.2, 0) is 11.2 Å². The van der Waals surface area contributed by atoms with Crippen LogP contribution in [0, 0.1) is 18.3 Å². The van der Waals surface area contributed by atoms with Crippen molar-refractivity contribution in [2.75, 3.05) is 0 Å². The van der Waals surface area contributed by atoms with Crippen LogP contribution in [0.15, 0.2) is 10.5 Å². The lowest BCUT2D eigenvalue weighted by Gasteiger charge is -2.35. The lowest BCUT2D eigenvalue weighted by Crippen LogP contribution is -2.46. The lowest BCUT2D eigenvalue weighted by atomic mass is 9.74. The molecule has 2 rings (SSSR count). The average molecular weight is 278 g/mol. The lowest BCUT2D eigenvalue weighted by molar-refractivity contribution is -0.124. The average Bonchev–Trinajstić information content (AvgIpc) is 2.66. The smallest absolute Gasteiger partial charge is 0.237 e. The Bertz CT molecular complexity index is 503. The fraction of sp³-hybridized carbons (Fsp3) is 0.688. The Morgan fingerprint density at radius 1 is 1.50 bits per heavy atom. The van der Waals surface area contributed by atoms with Crippen LogP contribution in [0.3, 0.4) is 0 Å². The Kier molecular flexibility index (Phi) is 3.96. The third-order valence-electron chi connectivity index (χ3n) is 4.07. The number of carbonyl (C=O) groups excluding carboxylic acids is 1. The molecule has 0 radical (unpaired) electrons. The quantitative estimate of drug-likeness (QED) is 0.893. The van der Waals surface area contributed by atoms with Gasteiger partial charge in [-0.2, -0.15) is 0 Å². The Morgan fingerprint density at radius 2 is 2.15 bits per heavy atom. The number of hydrogen-bond donors (Lipinski definition) is 2. The summed E-state index contributed by atoms with van der Waals surface area (Å²) < 4.78 is 5.78. The van der Waals surface area contributed by atoms with E-state index in [1.165, 1.54) is 0 Å². The predicted molar refractivity (Wildman–Crippen MR) is 79.2 cm³/mol. The Hall–Kier alpha value is -1.29. The van der Waals surface area contributed by atoms with Gasteiger partial charge in [-0.25, -0.2) is 0 Å². The van der Waals surface area contributed by atoms with E-state index in [1.807, 2.05) is 26.8 Å². The summed E-state index contributed by atoms with van der Waals surface area (Å²) in [5.74, 6) is 1.96. The highest BCUT2D eigenvalue weighted by Crippen LogP contribution is 2.42. The number of nitrogens with two attached hydrogens (primary N) is 1. The summed E-state index contributed by atoms with van der Waals surface area (Å²) in [6, 6.07) is 1.58. The Morgan fingerprint density at radius 3 is 2.75 bits per heavy atom. The van der Waals surface area contributed by atoms with Crippen molar-refractivity contribution in [3.05, 3.63) is 23.2 Å². The molecule has 1 aromatic heterocycles. The van der Waals surface area contributed by atoms with Gasteiger partial charge in [-0.3, -0.25) is 4.79 Å². The topological polar surface area (TPSA) is 68.3 Å². The van der Waals surface area contributed by atoms with Gasteiger partial charge < -0.3 is 15.5 Å². The molecule has 1 amide bonds. The first-order valence-electron chi connectivity index (χ1n) is 7.35. The first kappa shape index (κ1) is 15.1. The van der Waals surface area contributed by atoms with Crippen LogP contribution in [0.4, 0.5) is 0 Å². The zero-order valence-corrected chi connectivity index (χ0v) is 13.1. The van der Waals surface area contributed by atoms with Gasteiger partial charge in [0.05, 0.1) is 12.1 Å². The molecule has 0 saturated heterocycles. The third-order valence-corrected chi connectivity index (χ3v) is 4.07. The van der Waals surface area contributed by atoms with E-state index >= 15 is 0 Å². The molecule has 4 nitrogen and oxygen atoms in total. The van der Waals surface area contributed by atoms with Crippen molar-refractivity contribution < 1.29 is 9.21 Å². The fourth-order valence-corrected chi connectivity index (χ4v) is 2.88. The molecule has 0 bridgehead atoms. The van der Waals surface area contributed by atoms with E-state index < -0.39 is 6.04 Å². The summed E-state index contributed by atoms with van der Waals surface area (Å²) >= 11 is 0. The van der Waals surface area contributed by atoms with Crippen LogP contribution < -0.4 is 11.1 Å². The molecule has 4 heteroatoms. The number of nitrogens with one attached hydrogen (secondary N) is 1. The highest BCUT2D eigenvalue weighted by Gasteiger charge is 2.36. The van der Waals surface area contributed by atoms with Gasteiger partial charge in [-0.1, -0.05) is 27.7 Å². The number of carbonyl (C=O) groups is 1. The molecule has 112 valence electrons. The molecule has 0 aliphatic heterocycles. The van der Waals surface area contributed by atoms with Crippen molar-refractivity contribution in [1.82, 2.24) is 5.32 Å². The van der Waals surface area contributed by atoms with Crippen molar-refractivity contribution in [2.24, 2.45) is 17.1 Å². The molecule has 2 atom stereocenters. The molecule has 1 heterocycles. The van der Waals surface area contributed by atoms with E-state index in [2.05, 4.69) is 19.2 Å². The second kappa shape index (κ2) is 5.24. The summed E-state index contributed by atoms with van der Waals surface area (Å²) in [7, 11) is 0. The monoisotopic (exact) mass is 278 g/mol. The first-order chi connectivity index (χ1) is 9.19. The van der Waals surface area contributed by atoms with Crippen molar-refractivity contribution >= 4 is 5.91 Å². The Labute approximate surface area is 121 Å². The van der Waals surface area contributed by atoms with Gasteiger partial charge in [-0.05, 0) is 30.7 Å². The van der Waals surface area contributed by atoms with Gasteiger partial charge in [0, 0.05) is 12.0 Å². The highest BCUT2D eigenvalue weighted by molar-refractivity contribution is 5.82. The normalized spacial score (nSPS) is 22.4. The summed E-state index contributed by atoms with van der Waals surface area (Å²) in [5, 5.41) is 3.10. The first-order valence-corrected chi connectivity index (χ1v) is 7.35. The maximum Gasteiger partial charge on any atom is 0.237 e. The molecule has 1 unspecified atom stereocenters. The van der Waals surface area contributed by atoms with Gasteiger partial charge in [0.2, 0.25) is 5.91 Å². The van der Waals surface area contributed by atoms with Crippen molar-refractivity contribution in [2.45, 2.75) is 59.5 Å². The van der Waals surface area contributed by atoms with Crippen LogP contribution in [-0.4, -0.2) is 11.9 Å². The molecule has 1 aliphatic carbocycles. The zero-order chi connectivity index (χ0) is 15.1. The second-order valence-corrected chi connectivity index (χ2v) is 7.11. The molecule has 0 spiro atoms. The minimum atomic E-state index is -0.462. The molecule has 20 heavy (non-hydrogen) atoms. The van der Waals surface area contributed by atoms with Crippen molar-refractivity contribution in [3.63, 3.8) is 0 Å². The van der Waals surface area contributed by atoms with Gasteiger partial charge >= 0.3 is 0 Å². The minimum Gasteiger partial charge on any atom is -0.466 e. The molecule has 1 aliphatic rings. The number of furan rings is 1. The summed E-state index contributed by atoms with van der Waals surface area (Å²) in [6.45, 7) is 10.3. The zero-order valence-electron chi connectivity index (χ0n) is 13.1. The van der Waals surface area contributed by atoms with E-state index in [9.17, 15) is 4.79 Å². The van der Waals surface area contributed by atoms with Crippen LogP contribution in [0.25, 0.3) is 0 Å². The molecule has 0 aromatic carbocycles. The van der Waals surface area contributed by atoms with Crippen molar-refractivity contribution in [3.8, 4) is 0 Å². The fourth-order valence-electron chi connectivity index (χ4n) is 2.88. The van der Waals surface area contributed by atoms with Gasteiger partial charge in [0.25, 0.3) is 0 Å². The van der Waals surface area contributed by atoms with Crippen LogP contribution in [0.5, 0.6) is 0 Å². The molecule has 0 fully saturated rings. The maximum absolute atomic E-state index is 12.2. The molecular weight excluding hydrogens is 252 g/mol. The highest BCUT2D eigenvalue weighted by atomic mass is 16.3. The number of amides is 1. The van der Waals surface area contributed by atoms with E-state index in [1.54, 1.807) is 0 Å². The number of fused-ring (bicyclic) bond motifs is 1. The standard InChI is InChI=1S/C16H26N2O2/c1-9(2)14(17)15(19)18-12-7-16(4,5)8-13-11(12)6-10(3)20-13/h6,9,12,14H,7-8,17H2,1-5H3,(H,18,19)/t12?,14-/m1/s1. The Balaban J connectivity index is 2.21. The largest absolute Gasteiger partial charge is 0.466 e. The molecule has 3 N–H and O–H groups in total. The van der Waals surface area contributed by atoms with Crippen molar-refractivity contribution in [1.29, 1.82) is 0 Å². The van der Waals surface area contributed by atoms with Gasteiger partial charge in [-0.15, -0.1) is 0 Å². The molecular formula is C16H26N2O2. The number of rotatable bonds is 3. The SMILES string of the molecule is Cc1cc2c(o1)CC(C)(C)CC2NC(=O)[C@H](N)C(C)C. The maximum atomic E-state index is 12.2.